The van der Waals surface area contributed by atoms with Crippen molar-refractivity contribution in [1.29, 1.82) is 0 Å². The molecule has 7 nitrogen and oxygen atoms in total. The fraction of sp³-hybridized carbons (Fsp3) is 0.545. The van der Waals surface area contributed by atoms with Gasteiger partial charge in [0.2, 0.25) is 0 Å². The van der Waals surface area contributed by atoms with E-state index in [0.717, 1.165) is 51.0 Å². The molecule has 7 heteroatoms. The summed E-state index contributed by atoms with van der Waals surface area (Å²) >= 11 is 0. The fourth-order valence-corrected chi connectivity index (χ4v) is 3.73. The molecule has 1 aliphatic rings. The van der Waals surface area contributed by atoms with E-state index in [2.05, 4.69) is 39.7 Å². The Bertz CT molecular complexity index is 722. The molecule has 1 atom stereocenters. The van der Waals surface area contributed by atoms with Crippen molar-refractivity contribution in [2.75, 3.05) is 39.8 Å². The molecule has 0 aliphatic carbocycles. The second kappa shape index (κ2) is 11.5. The van der Waals surface area contributed by atoms with E-state index in [1.165, 1.54) is 24.8 Å². The van der Waals surface area contributed by atoms with Crippen LogP contribution in [0.4, 0.5) is 0 Å². The van der Waals surface area contributed by atoms with Crippen LogP contribution in [0.5, 0.6) is 5.75 Å². The van der Waals surface area contributed by atoms with Crippen LogP contribution in [0.25, 0.3) is 0 Å². The Morgan fingerprint density at radius 1 is 1.17 bits per heavy atom. The number of aromatic nitrogens is 2. The molecule has 2 N–H and O–H groups in total. The molecule has 0 bridgehead atoms. The van der Waals surface area contributed by atoms with Crippen LogP contribution in [0.1, 0.15) is 37.8 Å². The van der Waals surface area contributed by atoms with Gasteiger partial charge in [-0.2, -0.15) is 5.10 Å². The molecule has 2 aromatic rings. The average molecular weight is 399 g/mol. The maximum absolute atomic E-state index is 5.33. The van der Waals surface area contributed by atoms with Gasteiger partial charge in [-0.25, -0.2) is 0 Å². The van der Waals surface area contributed by atoms with Gasteiger partial charge in [-0.15, -0.1) is 0 Å². The van der Waals surface area contributed by atoms with E-state index in [9.17, 15) is 0 Å². The molecule has 1 fully saturated rings. The van der Waals surface area contributed by atoms with Crippen molar-refractivity contribution in [2.45, 2.75) is 38.8 Å². The summed E-state index contributed by atoms with van der Waals surface area (Å²) in [6.45, 7) is 7.52. The standard InChI is InChI=1S/C22H34N6O/c1-3-23-22(24-13-17-28-16-7-12-26-28)25-18-21(27-14-5-4-6-15-27)19-8-10-20(29-2)11-9-19/h7-12,16,21H,3-6,13-15,17-18H2,1-2H3,(H2,23,24,25). The monoisotopic (exact) mass is 398 g/mol. The topological polar surface area (TPSA) is 66.7 Å². The van der Waals surface area contributed by atoms with Crippen LogP contribution < -0.4 is 15.4 Å². The van der Waals surface area contributed by atoms with E-state index in [4.69, 9.17) is 9.73 Å². The van der Waals surface area contributed by atoms with Gasteiger partial charge in [0.15, 0.2) is 5.96 Å². The molecule has 0 radical (unpaired) electrons. The van der Waals surface area contributed by atoms with Crippen molar-refractivity contribution in [3.8, 4) is 5.75 Å². The van der Waals surface area contributed by atoms with Gasteiger partial charge in [-0.05, 0) is 56.6 Å². The number of guanidine groups is 1. The van der Waals surface area contributed by atoms with Crippen LogP contribution in [-0.4, -0.2) is 60.5 Å². The smallest absolute Gasteiger partial charge is 0.191 e. The highest BCUT2D eigenvalue weighted by Gasteiger charge is 2.22. The molecule has 3 rings (SSSR count). The lowest BCUT2D eigenvalue weighted by Crippen LogP contribution is -2.40. The number of hydrogen-bond acceptors (Lipinski definition) is 4. The molecule has 1 aromatic carbocycles. The minimum Gasteiger partial charge on any atom is -0.497 e. The number of methoxy groups -OCH3 is 1. The lowest BCUT2D eigenvalue weighted by Gasteiger charge is -2.34. The number of nitrogens with one attached hydrogen (secondary N) is 2. The summed E-state index contributed by atoms with van der Waals surface area (Å²) in [5.74, 6) is 1.75. The van der Waals surface area contributed by atoms with E-state index >= 15 is 0 Å². The predicted molar refractivity (Wildman–Crippen MR) is 117 cm³/mol. The second-order valence-corrected chi connectivity index (χ2v) is 7.30. The van der Waals surface area contributed by atoms with Gasteiger partial charge >= 0.3 is 0 Å². The summed E-state index contributed by atoms with van der Waals surface area (Å²) in [6, 6.07) is 10.7. The Kier molecular flexibility index (Phi) is 8.37. The Hall–Kier alpha value is -2.54. The number of nitrogens with zero attached hydrogens (tertiary/aromatic N) is 4. The molecular weight excluding hydrogens is 364 g/mol. The largest absolute Gasteiger partial charge is 0.497 e. The van der Waals surface area contributed by atoms with E-state index in [1.54, 1.807) is 13.3 Å². The van der Waals surface area contributed by atoms with Crippen molar-refractivity contribution in [3.63, 3.8) is 0 Å². The van der Waals surface area contributed by atoms with Gasteiger partial charge < -0.3 is 15.4 Å². The van der Waals surface area contributed by atoms with Gasteiger partial charge in [0, 0.05) is 25.5 Å². The predicted octanol–water partition coefficient (Wildman–Crippen LogP) is 2.67. The third kappa shape index (κ3) is 6.49. The summed E-state index contributed by atoms with van der Waals surface area (Å²) in [6.07, 6.45) is 7.63. The van der Waals surface area contributed by atoms with Crippen molar-refractivity contribution in [2.24, 2.45) is 4.99 Å². The molecule has 2 heterocycles. The zero-order valence-corrected chi connectivity index (χ0v) is 17.7. The first-order valence-electron chi connectivity index (χ1n) is 10.7. The summed E-state index contributed by atoms with van der Waals surface area (Å²) in [5.41, 5.74) is 1.30. The number of ether oxygens (including phenoxy) is 1. The van der Waals surface area contributed by atoms with Crippen LogP contribution in [0.3, 0.4) is 0 Å². The van der Waals surface area contributed by atoms with Crippen LogP contribution in [0, 0.1) is 0 Å². The third-order valence-electron chi connectivity index (χ3n) is 5.29. The normalized spacial score (nSPS) is 16.4. The highest BCUT2D eigenvalue weighted by Crippen LogP contribution is 2.26. The minimum absolute atomic E-state index is 0.280. The molecule has 0 amide bonds. The average Bonchev–Trinajstić information content (AvgIpc) is 3.28. The Balaban J connectivity index is 1.67. The number of rotatable bonds is 9. The molecule has 1 unspecified atom stereocenters. The van der Waals surface area contributed by atoms with Crippen molar-refractivity contribution in [3.05, 3.63) is 48.3 Å². The summed E-state index contributed by atoms with van der Waals surface area (Å²) in [5, 5.41) is 11.0. The number of hydrogen-bond donors (Lipinski definition) is 2. The first-order chi connectivity index (χ1) is 14.3. The summed E-state index contributed by atoms with van der Waals surface area (Å²) in [4.78, 5) is 7.49. The highest BCUT2D eigenvalue weighted by molar-refractivity contribution is 5.79. The lowest BCUT2D eigenvalue weighted by molar-refractivity contribution is 0.167. The first kappa shape index (κ1) is 21.2. The van der Waals surface area contributed by atoms with E-state index < -0.39 is 0 Å². The quantitative estimate of drug-likeness (QED) is 0.502. The highest BCUT2D eigenvalue weighted by atomic mass is 16.5. The van der Waals surface area contributed by atoms with E-state index in [1.807, 2.05) is 29.1 Å². The van der Waals surface area contributed by atoms with E-state index in [0.29, 0.717) is 0 Å². The van der Waals surface area contributed by atoms with E-state index in [-0.39, 0.29) is 6.04 Å². The molecular formula is C22H34N6O. The van der Waals surface area contributed by atoms with Crippen molar-refractivity contribution >= 4 is 5.96 Å². The summed E-state index contributed by atoms with van der Waals surface area (Å²) in [7, 11) is 1.71. The van der Waals surface area contributed by atoms with Gasteiger partial charge in [0.05, 0.1) is 26.2 Å². The number of piperidine rings is 1. The molecule has 1 aliphatic heterocycles. The van der Waals surface area contributed by atoms with Gasteiger partial charge in [0.25, 0.3) is 0 Å². The second-order valence-electron chi connectivity index (χ2n) is 7.30. The lowest BCUT2D eigenvalue weighted by atomic mass is 10.0. The summed E-state index contributed by atoms with van der Waals surface area (Å²) < 4.78 is 7.25. The van der Waals surface area contributed by atoms with Crippen LogP contribution in [0.15, 0.2) is 47.7 Å². The van der Waals surface area contributed by atoms with Crippen LogP contribution >= 0.6 is 0 Å². The van der Waals surface area contributed by atoms with Gasteiger partial charge in [-0.3, -0.25) is 14.6 Å². The van der Waals surface area contributed by atoms with Gasteiger partial charge in [-0.1, -0.05) is 18.6 Å². The first-order valence-corrected chi connectivity index (χ1v) is 10.7. The third-order valence-corrected chi connectivity index (χ3v) is 5.29. The molecule has 29 heavy (non-hydrogen) atoms. The van der Waals surface area contributed by atoms with Crippen LogP contribution in [0.2, 0.25) is 0 Å². The zero-order valence-electron chi connectivity index (χ0n) is 17.7. The van der Waals surface area contributed by atoms with Crippen LogP contribution in [-0.2, 0) is 6.54 Å². The Labute approximate surface area is 174 Å². The molecule has 158 valence electrons. The SMILES string of the molecule is CCNC(=NCC(c1ccc(OC)cc1)N1CCCCC1)NCCn1cccn1. The number of aliphatic imine (C=N–C) groups is 1. The van der Waals surface area contributed by atoms with Gasteiger partial charge in [0.1, 0.15) is 5.75 Å². The minimum atomic E-state index is 0.280. The maximum Gasteiger partial charge on any atom is 0.191 e. The van der Waals surface area contributed by atoms with Crippen molar-refractivity contribution < 1.29 is 4.74 Å². The fourth-order valence-electron chi connectivity index (χ4n) is 3.73. The number of likely N-dealkylation sites (tertiary alicyclic amines) is 1. The maximum atomic E-state index is 5.33. The Morgan fingerprint density at radius 2 is 1.97 bits per heavy atom. The molecule has 1 saturated heterocycles. The Morgan fingerprint density at radius 3 is 2.62 bits per heavy atom. The van der Waals surface area contributed by atoms with Crippen molar-refractivity contribution in [1.82, 2.24) is 25.3 Å². The molecule has 1 aromatic heterocycles. The number of benzene rings is 1. The molecule has 0 saturated carbocycles. The zero-order chi connectivity index (χ0) is 20.3. The molecule has 0 spiro atoms.